The first kappa shape index (κ1) is 19.9. The van der Waals surface area contributed by atoms with Crippen molar-refractivity contribution in [2.75, 3.05) is 10.6 Å². The standard InChI is InChI=1S/C19H18ClN5O2S/c1-12(18(27)23-16-8-6-15(7-9-16)22-13(2)26)28-19-24-21-11-25(19)17-5-3-4-14(20)10-17/h3-12H,1-2H3,(H,22,26)(H,23,27). The Labute approximate surface area is 171 Å². The minimum Gasteiger partial charge on any atom is -0.326 e. The molecule has 9 heteroatoms. The zero-order valence-corrected chi connectivity index (χ0v) is 16.8. The van der Waals surface area contributed by atoms with Crippen LogP contribution in [0.1, 0.15) is 13.8 Å². The van der Waals surface area contributed by atoms with Crippen LogP contribution < -0.4 is 10.6 Å². The van der Waals surface area contributed by atoms with Crippen LogP contribution in [0, 0.1) is 0 Å². The SMILES string of the molecule is CC(=O)Nc1ccc(NC(=O)C(C)Sc2nncn2-c2cccc(Cl)c2)cc1. The van der Waals surface area contributed by atoms with Gasteiger partial charge in [0.25, 0.3) is 0 Å². The molecule has 2 aromatic carbocycles. The summed E-state index contributed by atoms with van der Waals surface area (Å²) in [4.78, 5) is 23.6. The molecule has 0 bridgehead atoms. The van der Waals surface area contributed by atoms with Crippen LogP contribution in [0.15, 0.2) is 60.0 Å². The van der Waals surface area contributed by atoms with E-state index in [0.29, 0.717) is 21.6 Å². The Morgan fingerprint density at radius 1 is 1.11 bits per heavy atom. The predicted octanol–water partition coefficient (Wildman–Crippen LogP) is 4.00. The molecule has 1 unspecified atom stereocenters. The second kappa shape index (κ2) is 8.90. The van der Waals surface area contributed by atoms with Gasteiger partial charge in [0.05, 0.1) is 10.9 Å². The van der Waals surface area contributed by atoms with Crippen LogP contribution in [0.2, 0.25) is 5.02 Å². The maximum absolute atomic E-state index is 12.5. The number of halogens is 1. The number of amides is 2. The fraction of sp³-hybridized carbons (Fsp3) is 0.158. The summed E-state index contributed by atoms with van der Waals surface area (Å²) in [5.74, 6) is -0.316. The second-order valence-electron chi connectivity index (χ2n) is 5.97. The van der Waals surface area contributed by atoms with Gasteiger partial charge in [0.15, 0.2) is 5.16 Å². The van der Waals surface area contributed by atoms with E-state index in [1.807, 2.05) is 12.1 Å². The van der Waals surface area contributed by atoms with Gasteiger partial charge in [-0.15, -0.1) is 10.2 Å². The van der Waals surface area contributed by atoms with Crippen molar-refractivity contribution in [3.63, 3.8) is 0 Å². The zero-order chi connectivity index (χ0) is 20.1. The van der Waals surface area contributed by atoms with E-state index in [9.17, 15) is 9.59 Å². The number of carbonyl (C=O) groups excluding carboxylic acids is 2. The van der Waals surface area contributed by atoms with Crippen molar-refractivity contribution in [3.05, 3.63) is 59.9 Å². The molecule has 3 aromatic rings. The number of hydrogen-bond donors (Lipinski definition) is 2. The molecule has 0 aliphatic heterocycles. The van der Waals surface area contributed by atoms with Crippen molar-refractivity contribution in [3.8, 4) is 5.69 Å². The molecule has 0 saturated heterocycles. The van der Waals surface area contributed by atoms with Crippen molar-refractivity contribution in [1.29, 1.82) is 0 Å². The quantitative estimate of drug-likeness (QED) is 0.594. The van der Waals surface area contributed by atoms with Crippen LogP contribution in [-0.2, 0) is 9.59 Å². The Morgan fingerprint density at radius 2 is 1.79 bits per heavy atom. The first-order chi connectivity index (χ1) is 13.4. The summed E-state index contributed by atoms with van der Waals surface area (Å²) in [5, 5.41) is 14.4. The average molecular weight is 416 g/mol. The molecule has 0 aliphatic carbocycles. The summed E-state index contributed by atoms with van der Waals surface area (Å²) in [6, 6.07) is 14.2. The summed E-state index contributed by atoms with van der Waals surface area (Å²) in [5.41, 5.74) is 2.13. The van der Waals surface area contributed by atoms with Crippen LogP contribution in [0.25, 0.3) is 5.69 Å². The number of anilines is 2. The van der Waals surface area contributed by atoms with E-state index in [2.05, 4.69) is 20.8 Å². The molecular weight excluding hydrogens is 398 g/mol. The van der Waals surface area contributed by atoms with E-state index in [0.717, 1.165) is 5.69 Å². The Morgan fingerprint density at radius 3 is 2.43 bits per heavy atom. The predicted molar refractivity (Wildman–Crippen MR) is 111 cm³/mol. The number of hydrogen-bond acceptors (Lipinski definition) is 5. The van der Waals surface area contributed by atoms with Gasteiger partial charge in [-0.1, -0.05) is 29.4 Å². The maximum Gasteiger partial charge on any atom is 0.237 e. The Balaban J connectivity index is 1.65. The molecule has 0 aliphatic rings. The number of thioether (sulfide) groups is 1. The fourth-order valence-corrected chi connectivity index (χ4v) is 3.43. The highest BCUT2D eigenvalue weighted by molar-refractivity contribution is 8.00. The molecule has 2 amide bonds. The molecule has 144 valence electrons. The molecule has 0 radical (unpaired) electrons. The van der Waals surface area contributed by atoms with E-state index < -0.39 is 5.25 Å². The van der Waals surface area contributed by atoms with E-state index in [-0.39, 0.29) is 11.8 Å². The highest BCUT2D eigenvalue weighted by atomic mass is 35.5. The summed E-state index contributed by atoms with van der Waals surface area (Å²) in [6.45, 7) is 3.24. The molecule has 2 N–H and O–H groups in total. The van der Waals surface area contributed by atoms with Crippen LogP contribution in [0.4, 0.5) is 11.4 Å². The molecule has 0 saturated carbocycles. The molecule has 1 aromatic heterocycles. The number of aromatic nitrogens is 3. The van der Waals surface area contributed by atoms with Gasteiger partial charge >= 0.3 is 0 Å². The summed E-state index contributed by atoms with van der Waals surface area (Å²) in [7, 11) is 0. The van der Waals surface area contributed by atoms with Crippen molar-refractivity contribution in [1.82, 2.24) is 14.8 Å². The summed E-state index contributed by atoms with van der Waals surface area (Å²) < 4.78 is 1.78. The first-order valence-electron chi connectivity index (χ1n) is 8.43. The molecular formula is C19H18ClN5O2S. The third-order valence-corrected chi connectivity index (χ3v) is 5.02. The number of benzene rings is 2. The number of nitrogens with zero attached hydrogens (tertiary/aromatic N) is 3. The topological polar surface area (TPSA) is 88.9 Å². The average Bonchev–Trinajstić information content (AvgIpc) is 3.11. The van der Waals surface area contributed by atoms with Crippen LogP contribution in [-0.4, -0.2) is 31.8 Å². The third kappa shape index (κ3) is 5.11. The van der Waals surface area contributed by atoms with Gasteiger partial charge in [-0.05, 0) is 49.4 Å². The first-order valence-corrected chi connectivity index (χ1v) is 9.69. The number of carbonyl (C=O) groups is 2. The lowest BCUT2D eigenvalue weighted by Gasteiger charge is -2.13. The molecule has 7 nitrogen and oxygen atoms in total. The largest absolute Gasteiger partial charge is 0.326 e. The van der Waals surface area contributed by atoms with E-state index in [1.54, 1.807) is 54.2 Å². The van der Waals surface area contributed by atoms with Crippen LogP contribution in [0.5, 0.6) is 0 Å². The van der Waals surface area contributed by atoms with E-state index >= 15 is 0 Å². The van der Waals surface area contributed by atoms with Crippen molar-refractivity contribution in [2.24, 2.45) is 0 Å². The lowest BCUT2D eigenvalue weighted by molar-refractivity contribution is -0.115. The van der Waals surface area contributed by atoms with Gasteiger partial charge in [-0.25, -0.2) is 0 Å². The third-order valence-electron chi connectivity index (χ3n) is 3.73. The number of nitrogens with one attached hydrogen (secondary N) is 2. The van der Waals surface area contributed by atoms with Crippen molar-refractivity contribution >= 4 is 46.6 Å². The molecule has 0 spiro atoms. The maximum atomic E-state index is 12.5. The van der Waals surface area contributed by atoms with Crippen LogP contribution >= 0.6 is 23.4 Å². The second-order valence-corrected chi connectivity index (χ2v) is 7.72. The Bertz CT molecular complexity index is 990. The summed E-state index contributed by atoms with van der Waals surface area (Å²) in [6.07, 6.45) is 1.58. The molecule has 1 heterocycles. The number of rotatable bonds is 6. The van der Waals surface area contributed by atoms with Gasteiger partial charge < -0.3 is 10.6 Å². The lowest BCUT2D eigenvalue weighted by atomic mass is 10.2. The Kier molecular flexibility index (Phi) is 6.33. The molecule has 1 atom stereocenters. The molecule has 28 heavy (non-hydrogen) atoms. The van der Waals surface area contributed by atoms with Gasteiger partial charge in [-0.2, -0.15) is 0 Å². The molecule has 0 fully saturated rings. The van der Waals surface area contributed by atoms with Gasteiger partial charge in [-0.3, -0.25) is 14.2 Å². The lowest BCUT2D eigenvalue weighted by Crippen LogP contribution is -2.22. The van der Waals surface area contributed by atoms with E-state index in [4.69, 9.17) is 11.6 Å². The zero-order valence-electron chi connectivity index (χ0n) is 15.2. The molecule has 3 rings (SSSR count). The van der Waals surface area contributed by atoms with Crippen LogP contribution in [0.3, 0.4) is 0 Å². The highest BCUT2D eigenvalue weighted by Gasteiger charge is 2.18. The van der Waals surface area contributed by atoms with Gasteiger partial charge in [0.1, 0.15) is 6.33 Å². The van der Waals surface area contributed by atoms with E-state index in [1.165, 1.54) is 18.7 Å². The Hall–Kier alpha value is -2.84. The highest BCUT2D eigenvalue weighted by Crippen LogP contribution is 2.26. The monoisotopic (exact) mass is 415 g/mol. The minimum absolute atomic E-state index is 0.148. The van der Waals surface area contributed by atoms with Gasteiger partial charge in [0, 0.05) is 23.3 Å². The smallest absolute Gasteiger partial charge is 0.237 e. The fourth-order valence-electron chi connectivity index (χ4n) is 2.40. The normalized spacial score (nSPS) is 11.7. The van der Waals surface area contributed by atoms with Gasteiger partial charge in [0.2, 0.25) is 11.8 Å². The van der Waals surface area contributed by atoms with Crippen molar-refractivity contribution in [2.45, 2.75) is 24.3 Å². The van der Waals surface area contributed by atoms with Crippen molar-refractivity contribution < 1.29 is 9.59 Å². The summed E-state index contributed by atoms with van der Waals surface area (Å²) >= 11 is 7.34. The minimum atomic E-state index is -0.405.